The van der Waals surface area contributed by atoms with Crippen LogP contribution in [0.2, 0.25) is 5.15 Å². The topological polar surface area (TPSA) is 85.4 Å². The van der Waals surface area contributed by atoms with Crippen molar-refractivity contribution in [2.24, 2.45) is 0 Å². The maximum Gasteiger partial charge on any atom is 0.265 e. The van der Waals surface area contributed by atoms with E-state index in [0.717, 1.165) is 6.42 Å². The third-order valence-electron chi connectivity index (χ3n) is 3.09. The fourth-order valence-corrected chi connectivity index (χ4v) is 3.25. The third-order valence-corrected chi connectivity index (χ3v) is 4.53. The molecule has 6 nitrogen and oxygen atoms in total. The summed E-state index contributed by atoms with van der Waals surface area (Å²) >= 11 is 5.62. The Morgan fingerprint density at radius 1 is 1.55 bits per heavy atom. The lowest BCUT2D eigenvalue weighted by molar-refractivity contribution is -0.137. The predicted octanol–water partition coefficient (Wildman–Crippen LogP) is 1.25. The van der Waals surface area contributed by atoms with Crippen LogP contribution in [0, 0.1) is 0 Å². The normalized spacial score (nSPS) is 22.7. The number of hydrogen-bond donors (Lipinski definition) is 1. The maximum atomic E-state index is 12.0. The second kappa shape index (κ2) is 5.67. The highest BCUT2D eigenvalue weighted by atomic mass is 35.5. The summed E-state index contributed by atoms with van der Waals surface area (Å²) in [6, 6.07) is 3.04. The van der Waals surface area contributed by atoms with Gasteiger partial charge in [0.05, 0.1) is 5.75 Å². The molecule has 0 aliphatic carbocycles. The Bertz CT molecular complexity index is 594. The van der Waals surface area contributed by atoms with Crippen molar-refractivity contribution in [1.82, 2.24) is 9.71 Å². The van der Waals surface area contributed by atoms with Crippen molar-refractivity contribution in [3.8, 4) is 0 Å². The summed E-state index contributed by atoms with van der Waals surface area (Å²) in [6.45, 7) is 2.06. The minimum absolute atomic E-state index is 0.280. The van der Waals surface area contributed by atoms with Gasteiger partial charge in [-0.2, -0.15) is 0 Å². The molecule has 0 aromatic carbocycles. The summed E-state index contributed by atoms with van der Waals surface area (Å²) in [6.07, 6.45) is 2.61. The number of carbonyl (C=O) groups is 1. The Hall–Kier alpha value is -1.18. The van der Waals surface area contributed by atoms with Crippen LogP contribution in [-0.4, -0.2) is 31.5 Å². The van der Waals surface area contributed by atoms with Gasteiger partial charge in [0.15, 0.2) is 0 Å². The van der Waals surface area contributed by atoms with Crippen molar-refractivity contribution >= 4 is 27.5 Å². The van der Waals surface area contributed by atoms with Crippen molar-refractivity contribution in [2.45, 2.75) is 31.1 Å². The van der Waals surface area contributed by atoms with E-state index in [0.29, 0.717) is 18.6 Å². The zero-order chi connectivity index (χ0) is 14.8. The Labute approximate surface area is 122 Å². The highest BCUT2D eigenvalue weighted by Gasteiger charge is 2.39. The summed E-state index contributed by atoms with van der Waals surface area (Å²) in [5.74, 6) is -0.962. The van der Waals surface area contributed by atoms with Crippen LogP contribution in [0.3, 0.4) is 0 Å². The molecule has 0 unspecified atom stereocenters. The number of hydrogen-bond acceptors (Lipinski definition) is 5. The van der Waals surface area contributed by atoms with E-state index in [4.69, 9.17) is 16.3 Å². The van der Waals surface area contributed by atoms with E-state index in [1.807, 2.05) is 4.72 Å². The zero-order valence-corrected chi connectivity index (χ0v) is 12.5. The number of aromatic nitrogens is 1. The SMILES string of the molecule is C[C@]1(C(=O)NS(=O)(=O)Cc2ccc(Cl)nc2)CCCO1. The lowest BCUT2D eigenvalue weighted by atomic mass is 10.0. The first-order valence-electron chi connectivity index (χ1n) is 6.10. The Balaban J connectivity index is 2.04. The van der Waals surface area contributed by atoms with Crippen molar-refractivity contribution in [3.05, 3.63) is 29.0 Å². The van der Waals surface area contributed by atoms with Crippen molar-refractivity contribution < 1.29 is 17.9 Å². The molecule has 0 radical (unpaired) electrons. The molecule has 0 spiro atoms. The first-order chi connectivity index (χ1) is 9.31. The molecule has 1 fully saturated rings. The molecule has 1 amide bonds. The van der Waals surface area contributed by atoms with E-state index in [9.17, 15) is 13.2 Å². The fourth-order valence-electron chi connectivity index (χ4n) is 1.95. The lowest BCUT2D eigenvalue weighted by Crippen LogP contribution is -2.46. The molecular formula is C12H15ClN2O4S. The number of ether oxygens (including phenoxy) is 1. The van der Waals surface area contributed by atoms with Crippen LogP contribution in [0.1, 0.15) is 25.3 Å². The number of rotatable bonds is 4. The summed E-state index contributed by atoms with van der Waals surface area (Å²) in [4.78, 5) is 15.8. The van der Waals surface area contributed by atoms with Gasteiger partial charge < -0.3 is 4.74 Å². The number of nitrogens with one attached hydrogen (secondary N) is 1. The van der Waals surface area contributed by atoms with Crippen LogP contribution >= 0.6 is 11.6 Å². The second-order valence-corrected chi connectivity index (χ2v) is 6.97. The number of carbonyl (C=O) groups excluding carboxylic acids is 1. The average molecular weight is 319 g/mol. The van der Waals surface area contributed by atoms with Gasteiger partial charge in [-0.25, -0.2) is 13.4 Å². The van der Waals surface area contributed by atoms with Gasteiger partial charge in [0.2, 0.25) is 10.0 Å². The monoisotopic (exact) mass is 318 g/mol. The molecule has 1 aromatic rings. The Morgan fingerprint density at radius 3 is 2.85 bits per heavy atom. The third kappa shape index (κ3) is 3.68. The van der Waals surface area contributed by atoms with Gasteiger partial charge in [-0.05, 0) is 31.4 Å². The molecule has 1 aliphatic rings. The van der Waals surface area contributed by atoms with E-state index < -0.39 is 21.5 Å². The molecule has 2 heterocycles. The number of pyridine rings is 1. The molecule has 2 rings (SSSR count). The first kappa shape index (κ1) is 15.2. The minimum atomic E-state index is -3.78. The Morgan fingerprint density at radius 2 is 2.30 bits per heavy atom. The van der Waals surface area contributed by atoms with Gasteiger partial charge in [-0.3, -0.25) is 9.52 Å². The number of nitrogens with zero attached hydrogens (tertiary/aromatic N) is 1. The van der Waals surface area contributed by atoms with Gasteiger partial charge in [-0.1, -0.05) is 17.7 Å². The Kier molecular flexibility index (Phi) is 4.31. The van der Waals surface area contributed by atoms with E-state index >= 15 is 0 Å². The van der Waals surface area contributed by atoms with E-state index in [1.54, 1.807) is 13.0 Å². The van der Waals surface area contributed by atoms with Crippen molar-refractivity contribution in [2.75, 3.05) is 6.61 Å². The van der Waals surface area contributed by atoms with E-state index in [1.165, 1.54) is 12.3 Å². The van der Waals surface area contributed by atoms with Crippen molar-refractivity contribution in [1.29, 1.82) is 0 Å². The number of sulfonamides is 1. The molecule has 1 aliphatic heterocycles. The predicted molar refractivity (Wildman–Crippen MR) is 73.6 cm³/mol. The van der Waals surface area contributed by atoms with Crippen LogP contribution < -0.4 is 4.72 Å². The highest BCUT2D eigenvalue weighted by Crippen LogP contribution is 2.25. The summed E-state index contributed by atoms with van der Waals surface area (Å²) in [5.41, 5.74) is -0.613. The zero-order valence-electron chi connectivity index (χ0n) is 10.9. The summed E-state index contributed by atoms with van der Waals surface area (Å²) < 4.78 is 31.2. The number of halogens is 1. The minimum Gasteiger partial charge on any atom is -0.365 e. The number of amides is 1. The average Bonchev–Trinajstić information content (AvgIpc) is 2.80. The smallest absolute Gasteiger partial charge is 0.265 e. The molecule has 0 bridgehead atoms. The molecule has 1 N–H and O–H groups in total. The molecule has 1 saturated heterocycles. The van der Waals surface area contributed by atoms with Gasteiger partial charge in [0.1, 0.15) is 10.8 Å². The molecule has 0 saturated carbocycles. The fraction of sp³-hybridized carbons (Fsp3) is 0.500. The van der Waals surface area contributed by atoms with Gasteiger partial charge in [0.25, 0.3) is 5.91 Å². The molecule has 1 aromatic heterocycles. The van der Waals surface area contributed by atoms with Crippen LogP contribution in [0.5, 0.6) is 0 Å². The van der Waals surface area contributed by atoms with Crippen LogP contribution in [0.15, 0.2) is 18.3 Å². The first-order valence-corrected chi connectivity index (χ1v) is 8.13. The standard InChI is InChI=1S/C12H15ClN2O4S/c1-12(5-2-6-19-12)11(16)15-20(17,18)8-9-3-4-10(13)14-7-9/h3-4,7H,2,5-6,8H2,1H3,(H,15,16)/t12-/m1/s1. The van der Waals surface area contributed by atoms with Crippen LogP contribution in [-0.2, 0) is 25.3 Å². The maximum absolute atomic E-state index is 12.0. The molecule has 20 heavy (non-hydrogen) atoms. The summed E-state index contributed by atoms with van der Waals surface area (Å²) in [5, 5.41) is 0.280. The van der Waals surface area contributed by atoms with Gasteiger partial charge in [0, 0.05) is 12.8 Å². The quantitative estimate of drug-likeness (QED) is 0.844. The molecule has 110 valence electrons. The lowest BCUT2D eigenvalue weighted by Gasteiger charge is -2.21. The van der Waals surface area contributed by atoms with Gasteiger partial charge in [-0.15, -0.1) is 0 Å². The second-order valence-electron chi connectivity index (χ2n) is 4.86. The largest absolute Gasteiger partial charge is 0.365 e. The van der Waals surface area contributed by atoms with Crippen molar-refractivity contribution in [3.63, 3.8) is 0 Å². The molecule has 1 atom stereocenters. The summed E-state index contributed by atoms with van der Waals surface area (Å²) in [7, 11) is -3.78. The molecular weight excluding hydrogens is 304 g/mol. The van der Waals surface area contributed by atoms with Crippen LogP contribution in [0.25, 0.3) is 0 Å². The van der Waals surface area contributed by atoms with Crippen LogP contribution in [0.4, 0.5) is 0 Å². The van der Waals surface area contributed by atoms with Gasteiger partial charge >= 0.3 is 0 Å². The highest BCUT2D eigenvalue weighted by molar-refractivity contribution is 7.89. The molecule has 8 heteroatoms. The van der Waals surface area contributed by atoms with E-state index in [-0.39, 0.29) is 10.9 Å². The van der Waals surface area contributed by atoms with E-state index in [2.05, 4.69) is 4.98 Å².